The van der Waals surface area contributed by atoms with Gasteiger partial charge in [0.2, 0.25) is 0 Å². The van der Waals surface area contributed by atoms with Gasteiger partial charge >= 0.3 is 0 Å². The molecule has 3 nitrogen and oxygen atoms in total. The number of hydrogen-bond donors (Lipinski definition) is 1. The van der Waals surface area contributed by atoms with Gasteiger partial charge in [-0.3, -0.25) is 0 Å². The van der Waals surface area contributed by atoms with Crippen LogP contribution in [0.3, 0.4) is 0 Å². The van der Waals surface area contributed by atoms with E-state index in [0.29, 0.717) is 0 Å². The van der Waals surface area contributed by atoms with E-state index in [1.54, 1.807) is 0 Å². The second-order valence-corrected chi connectivity index (χ2v) is 5.01. The molecule has 0 bridgehead atoms. The van der Waals surface area contributed by atoms with Crippen molar-refractivity contribution in [2.75, 3.05) is 19.0 Å². The van der Waals surface area contributed by atoms with Gasteiger partial charge in [0, 0.05) is 19.3 Å². The molecule has 0 aliphatic rings. The van der Waals surface area contributed by atoms with Crippen LogP contribution >= 0.6 is 0 Å². The van der Waals surface area contributed by atoms with E-state index in [-0.39, 0.29) is 0 Å². The Hall–Kier alpha value is -1.74. The number of benzene rings is 1. The summed E-state index contributed by atoms with van der Waals surface area (Å²) in [6.45, 7) is 5.83. The van der Waals surface area contributed by atoms with E-state index in [4.69, 9.17) is 4.42 Å². The van der Waals surface area contributed by atoms with Gasteiger partial charge in [-0.2, -0.15) is 0 Å². The van der Waals surface area contributed by atoms with Gasteiger partial charge in [0.1, 0.15) is 11.5 Å². The number of aryl methyl sites for hydroxylation is 2. The Morgan fingerprint density at radius 1 is 1.16 bits per heavy atom. The quantitative estimate of drug-likeness (QED) is 0.892. The lowest BCUT2D eigenvalue weighted by Crippen LogP contribution is -2.16. The third-order valence-electron chi connectivity index (χ3n) is 3.32. The van der Waals surface area contributed by atoms with Crippen molar-refractivity contribution in [2.24, 2.45) is 0 Å². The molecule has 0 aliphatic carbocycles. The first-order valence-corrected chi connectivity index (χ1v) is 6.60. The molecule has 1 aromatic heterocycles. The number of rotatable bonds is 5. The highest BCUT2D eigenvalue weighted by molar-refractivity contribution is 5.50. The van der Waals surface area contributed by atoms with Crippen molar-refractivity contribution in [1.82, 2.24) is 5.32 Å². The molecule has 102 valence electrons. The summed E-state index contributed by atoms with van der Waals surface area (Å²) in [5, 5.41) is 3.19. The molecular weight excluding hydrogens is 236 g/mol. The Labute approximate surface area is 115 Å². The van der Waals surface area contributed by atoms with Gasteiger partial charge in [-0.05, 0) is 56.3 Å². The zero-order valence-corrected chi connectivity index (χ0v) is 12.2. The van der Waals surface area contributed by atoms with Crippen molar-refractivity contribution in [2.45, 2.75) is 26.9 Å². The molecule has 2 aromatic rings. The minimum atomic E-state index is 0.790. The summed E-state index contributed by atoms with van der Waals surface area (Å²) in [5.41, 5.74) is 3.87. The lowest BCUT2D eigenvalue weighted by Gasteiger charge is -2.19. The predicted octanol–water partition coefficient (Wildman–Crippen LogP) is 3.25. The molecule has 0 radical (unpaired) electrons. The Morgan fingerprint density at radius 3 is 2.53 bits per heavy atom. The van der Waals surface area contributed by atoms with Crippen molar-refractivity contribution in [3.8, 4) is 0 Å². The summed E-state index contributed by atoms with van der Waals surface area (Å²) in [7, 11) is 4.06. The van der Waals surface area contributed by atoms with Gasteiger partial charge in [-0.25, -0.2) is 0 Å². The SMILES string of the molecule is CNCc1ccc(N(C)Cc2ccc(C)o2)cc1C. The van der Waals surface area contributed by atoms with Crippen molar-refractivity contribution in [3.05, 3.63) is 53.0 Å². The van der Waals surface area contributed by atoms with Crippen LogP contribution in [-0.4, -0.2) is 14.1 Å². The van der Waals surface area contributed by atoms with Crippen LogP contribution in [0.1, 0.15) is 22.6 Å². The standard InChI is InChI=1S/C16H22N2O/c1-12-9-15(7-6-14(12)10-17-3)18(4)11-16-8-5-13(2)19-16/h5-9,17H,10-11H2,1-4H3. The van der Waals surface area contributed by atoms with Crippen LogP contribution in [0.5, 0.6) is 0 Å². The molecule has 1 aromatic carbocycles. The Morgan fingerprint density at radius 2 is 1.95 bits per heavy atom. The molecule has 0 saturated heterocycles. The van der Waals surface area contributed by atoms with Crippen LogP contribution in [0.15, 0.2) is 34.7 Å². The highest BCUT2D eigenvalue weighted by Gasteiger charge is 2.07. The largest absolute Gasteiger partial charge is 0.464 e. The number of nitrogens with zero attached hydrogens (tertiary/aromatic N) is 1. The molecule has 1 heterocycles. The first-order chi connectivity index (χ1) is 9.10. The Balaban J connectivity index is 2.10. The molecular formula is C16H22N2O. The van der Waals surface area contributed by atoms with Gasteiger partial charge in [0.05, 0.1) is 6.54 Å². The summed E-state index contributed by atoms with van der Waals surface area (Å²) >= 11 is 0. The summed E-state index contributed by atoms with van der Waals surface area (Å²) in [4.78, 5) is 2.20. The van der Waals surface area contributed by atoms with E-state index >= 15 is 0 Å². The third-order valence-corrected chi connectivity index (χ3v) is 3.32. The second-order valence-electron chi connectivity index (χ2n) is 5.01. The molecule has 0 unspecified atom stereocenters. The molecule has 19 heavy (non-hydrogen) atoms. The average molecular weight is 258 g/mol. The molecule has 0 atom stereocenters. The van der Waals surface area contributed by atoms with E-state index in [9.17, 15) is 0 Å². The topological polar surface area (TPSA) is 28.4 Å². The molecule has 2 rings (SSSR count). The lowest BCUT2D eigenvalue weighted by atomic mass is 10.1. The molecule has 0 fully saturated rings. The zero-order chi connectivity index (χ0) is 13.8. The maximum absolute atomic E-state index is 5.62. The zero-order valence-electron chi connectivity index (χ0n) is 12.2. The maximum atomic E-state index is 5.62. The van der Waals surface area contributed by atoms with Crippen LogP contribution in [0.25, 0.3) is 0 Å². The highest BCUT2D eigenvalue weighted by atomic mass is 16.3. The van der Waals surface area contributed by atoms with Gasteiger partial charge in [-0.15, -0.1) is 0 Å². The number of anilines is 1. The molecule has 3 heteroatoms. The number of hydrogen-bond acceptors (Lipinski definition) is 3. The smallest absolute Gasteiger partial charge is 0.123 e. The predicted molar refractivity (Wildman–Crippen MR) is 79.5 cm³/mol. The first-order valence-electron chi connectivity index (χ1n) is 6.60. The number of furan rings is 1. The summed E-state index contributed by atoms with van der Waals surface area (Å²) < 4.78 is 5.62. The van der Waals surface area contributed by atoms with Gasteiger partial charge in [0.15, 0.2) is 0 Å². The van der Waals surface area contributed by atoms with Crippen molar-refractivity contribution in [1.29, 1.82) is 0 Å². The molecule has 1 N–H and O–H groups in total. The third kappa shape index (κ3) is 3.38. The molecule has 0 amide bonds. The van der Waals surface area contributed by atoms with Crippen LogP contribution in [-0.2, 0) is 13.1 Å². The van der Waals surface area contributed by atoms with Gasteiger partial charge in [-0.1, -0.05) is 6.07 Å². The molecule has 0 aliphatic heterocycles. The Kier molecular flexibility index (Phi) is 4.27. The molecule has 0 saturated carbocycles. The fraction of sp³-hybridized carbons (Fsp3) is 0.375. The van der Waals surface area contributed by atoms with Gasteiger partial charge in [0.25, 0.3) is 0 Å². The lowest BCUT2D eigenvalue weighted by molar-refractivity contribution is 0.482. The first kappa shape index (κ1) is 13.7. The highest BCUT2D eigenvalue weighted by Crippen LogP contribution is 2.20. The molecule has 0 spiro atoms. The van der Waals surface area contributed by atoms with Crippen LogP contribution in [0.4, 0.5) is 5.69 Å². The summed E-state index contributed by atoms with van der Waals surface area (Å²) in [6, 6.07) is 10.6. The minimum absolute atomic E-state index is 0.790. The van der Waals surface area contributed by atoms with Gasteiger partial charge < -0.3 is 14.6 Å². The van der Waals surface area contributed by atoms with Crippen molar-refractivity contribution in [3.63, 3.8) is 0 Å². The second kappa shape index (κ2) is 5.93. The van der Waals surface area contributed by atoms with E-state index in [1.165, 1.54) is 16.8 Å². The van der Waals surface area contributed by atoms with E-state index < -0.39 is 0 Å². The van der Waals surface area contributed by atoms with Crippen LogP contribution < -0.4 is 10.2 Å². The van der Waals surface area contributed by atoms with Crippen molar-refractivity contribution < 1.29 is 4.42 Å². The minimum Gasteiger partial charge on any atom is -0.464 e. The summed E-state index contributed by atoms with van der Waals surface area (Å²) in [6.07, 6.45) is 0. The summed E-state index contributed by atoms with van der Waals surface area (Å²) in [5.74, 6) is 1.96. The van der Waals surface area contributed by atoms with E-state index in [1.807, 2.05) is 26.1 Å². The number of nitrogens with one attached hydrogen (secondary N) is 1. The average Bonchev–Trinajstić information content (AvgIpc) is 2.77. The van der Waals surface area contributed by atoms with Crippen molar-refractivity contribution >= 4 is 5.69 Å². The monoisotopic (exact) mass is 258 g/mol. The maximum Gasteiger partial charge on any atom is 0.123 e. The fourth-order valence-corrected chi connectivity index (χ4v) is 2.20. The van der Waals surface area contributed by atoms with Crippen LogP contribution in [0, 0.1) is 13.8 Å². The Bertz CT molecular complexity index is 545. The fourth-order valence-electron chi connectivity index (χ4n) is 2.20. The normalized spacial score (nSPS) is 10.7. The van der Waals surface area contributed by atoms with E-state index in [2.05, 4.69) is 42.4 Å². The van der Waals surface area contributed by atoms with Crippen LogP contribution in [0.2, 0.25) is 0 Å². The van der Waals surface area contributed by atoms with E-state index in [0.717, 1.165) is 24.6 Å².